The minimum absolute atomic E-state index is 0.0513. The van der Waals surface area contributed by atoms with Crippen molar-refractivity contribution in [1.29, 1.82) is 0 Å². The lowest BCUT2D eigenvalue weighted by atomic mass is 10.1. The van der Waals surface area contributed by atoms with Crippen LogP contribution < -0.4 is 18.9 Å². The Morgan fingerprint density at radius 1 is 0.614 bits per heavy atom. The number of methoxy groups -OCH3 is 2. The predicted molar refractivity (Wildman–Crippen MR) is 167 cm³/mol. The first-order valence-electron chi connectivity index (χ1n) is 13.6. The Morgan fingerprint density at radius 2 is 1.02 bits per heavy atom. The van der Waals surface area contributed by atoms with Gasteiger partial charge in [0.2, 0.25) is 0 Å². The molecule has 0 unspecified atom stereocenters. The molecule has 4 aromatic rings. The highest BCUT2D eigenvalue weighted by molar-refractivity contribution is 7.21. The molecule has 0 aliphatic rings. The molecule has 0 atom stereocenters. The Bertz CT molecular complexity index is 1630. The van der Waals surface area contributed by atoms with Gasteiger partial charge in [0.05, 0.1) is 50.0 Å². The van der Waals surface area contributed by atoms with Gasteiger partial charge in [0.25, 0.3) is 0 Å². The SMILES string of the molecule is COc1cc2sc(C(=O)CCC(=O)O)cc2cc1OCCC#CCCOc1cc2cc(C(=O)CCC(=O)O)sc2cc1OC. The van der Waals surface area contributed by atoms with Gasteiger partial charge in [0.15, 0.2) is 34.6 Å². The van der Waals surface area contributed by atoms with Crippen LogP contribution in [0, 0.1) is 11.8 Å². The Hall–Kier alpha value is -4.60. The van der Waals surface area contributed by atoms with Gasteiger partial charge in [-0.05, 0) is 35.0 Å². The van der Waals surface area contributed by atoms with Crippen molar-refractivity contribution in [3.63, 3.8) is 0 Å². The molecule has 0 radical (unpaired) electrons. The van der Waals surface area contributed by atoms with E-state index in [1.165, 1.54) is 36.9 Å². The molecule has 10 nitrogen and oxygen atoms in total. The van der Waals surface area contributed by atoms with Crippen LogP contribution in [0.5, 0.6) is 23.0 Å². The number of fused-ring (bicyclic) bond motifs is 2. The number of hydrogen-bond donors (Lipinski definition) is 2. The summed E-state index contributed by atoms with van der Waals surface area (Å²) in [5.41, 5.74) is 0. The molecule has 12 heteroatoms. The number of benzene rings is 2. The highest BCUT2D eigenvalue weighted by Crippen LogP contribution is 2.38. The molecule has 0 bridgehead atoms. The molecular weight excluding hydrogens is 608 g/mol. The van der Waals surface area contributed by atoms with Crippen LogP contribution in [0.3, 0.4) is 0 Å². The average molecular weight is 639 g/mol. The quantitative estimate of drug-likeness (QED) is 0.0795. The van der Waals surface area contributed by atoms with E-state index in [2.05, 4.69) is 11.8 Å². The fraction of sp³-hybridized carbons (Fsp3) is 0.312. The number of ether oxygens (including phenoxy) is 4. The standard InChI is InChI=1S/C32H30O10S2/c1-39-23-17-27-19(15-29(43-27)21(33)7-9-31(35)36)13-25(23)41-11-5-3-4-6-12-42-26-14-20-16-30(22(34)8-10-32(37)38)44-28(20)18-24(26)40-2/h13-18H,5-12H2,1-2H3,(H,35,36)(H,37,38). The maximum atomic E-state index is 12.3. The normalized spacial score (nSPS) is 10.7. The minimum Gasteiger partial charge on any atom is -0.493 e. The van der Waals surface area contributed by atoms with Crippen LogP contribution in [0.15, 0.2) is 36.4 Å². The number of Topliss-reactive ketones (excluding diaryl/α,β-unsaturated/α-hetero) is 2. The van der Waals surface area contributed by atoms with Crippen molar-refractivity contribution in [2.75, 3.05) is 27.4 Å². The molecule has 0 amide bonds. The average Bonchev–Trinajstić information content (AvgIpc) is 3.62. The second kappa shape index (κ2) is 15.2. The number of carboxylic acids is 2. The van der Waals surface area contributed by atoms with Gasteiger partial charge in [-0.2, -0.15) is 0 Å². The van der Waals surface area contributed by atoms with Gasteiger partial charge >= 0.3 is 11.9 Å². The summed E-state index contributed by atoms with van der Waals surface area (Å²) in [6, 6.07) is 10.7. The molecule has 0 spiro atoms. The van der Waals surface area contributed by atoms with E-state index >= 15 is 0 Å². The predicted octanol–water partition coefficient (Wildman–Crippen LogP) is 6.47. The van der Waals surface area contributed by atoms with Crippen molar-refractivity contribution >= 4 is 66.4 Å². The van der Waals surface area contributed by atoms with Crippen LogP contribution in [-0.2, 0) is 9.59 Å². The fourth-order valence-electron chi connectivity index (χ4n) is 4.20. The van der Waals surface area contributed by atoms with Crippen LogP contribution in [0.4, 0.5) is 0 Å². The van der Waals surface area contributed by atoms with Crippen molar-refractivity contribution < 1.29 is 48.3 Å². The van der Waals surface area contributed by atoms with Crippen molar-refractivity contribution in [3.05, 3.63) is 46.2 Å². The van der Waals surface area contributed by atoms with E-state index in [-0.39, 0.29) is 37.2 Å². The molecule has 0 fully saturated rings. The lowest BCUT2D eigenvalue weighted by Gasteiger charge is -2.10. The summed E-state index contributed by atoms with van der Waals surface area (Å²) in [7, 11) is 3.07. The molecule has 2 aromatic heterocycles. The number of carbonyl (C=O) groups is 4. The van der Waals surface area contributed by atoms with Gasteiger partial charge in [0, 0.05) is 47.2 Å². The summed E-state index contributed by atoms with van der Waals surface area (Å²) in [5.74, 6) is 5.77. The number of thiophene rings is 2. The zero-order valence-corrected chi connectivity index (χ0v) is 25.7. The maximum Gasteiger partial charge on any atom is 0.303 e. The maximum absolute atomic E-state index is 12.3. The Balaban J connectivity index is 1.28. The summed E-state index contributed by atoms with van der Waals surface area (Å²) in [6.07, 6.45) is 0.410. The summed E-state index contributed by atoms with van der Waals surface area (Å²) < 4.78 is 24.4. The van der Waals surface area contributed by atoms with Gasteiger partial charge in [-0.15, -0.1) is 22.7 Å². The van der Waals surface area contributed by atoms with Crippen LogP contribution in [0.25, 0.3) is 20.2 Å². The smallest absolute Gasteiger partial charge is 0.303 e. The number of carbonyl (C=O) groups excluding carboxylic acids is 2. The van der Waals surface area contributed by atoms with Gasteiger partial charge in [-0.3, -0.25) is 19.2 Å². The van der Waals surface area contributed by atoms with Crippen molar-refractivity contribution in [2.24, 2.45) is 0 Å². The third kappa shape index (κ3) is 8.49. The zero-order chi connectivity index (χ0) is 31.6. The van der Waals surface area contributed by atoms with Crippen LogP contribution in [-0.4, -0.2) is 61.2 Å². The topological polar surface area (TPSA) is 146 Å². The van der Waals surface area contributed by atoms with E-state index in [1.54, 1.807) is 36.4 Å². The number of ketones is 2. The molecule has 2 heterocycles. The van der Waals surface area contributed by atoms with E-state index in [1.807, 2.05) is 0 Å². The number of carboxylic acid groups (broad SMARTS) is 2. The fourth-order valence-corrected chi connectivity index (χ4v) is 6.28. The largest absolute Gasteiger partial charge is 0.493 e. The Kier molecular flexibility index (Phi) is 11.2. The summed E-state index contributed by atoms with van der Waals surface area (Å²) >= 11 is 2.58. The number of aliphatic carboxylic acids is 2. The second-order valence-corrected chi connectivity index (χ2v) is 11.7. The first-order chi connectivity index (χ1) is 21.2. The molecule has 0 aliphatic heterocycles. The number of rotatable bonds is 16. The minimum atomic E-state index is -1.01. The summed E-state index contributed by atoms with van der Waals surface area (Å²) in [4.78, 5) is 47.2. The monoisotopic (exact) mass is 638 g/mol. The van der Waals surface area contributed by atoms with Crippen molar-refractivity contribution in [1.82, 2.24) is 0 Å². The number of hydrogen-bond acceptors (Lipinski definition) is 10. The van der Waals surface area contributed by atoms with Crippen LogP contribution >= 0.6 is 22.7 Å². The molecule has 0 saturated heterocycles. The Labute approximate surface area is 261 Å². The molecule has 230 valence electrons. The van der Waals surface area contributed by atoms with Gasteiger partial charge < -0.3 is 29.2 Å². The lowest BCUT2D eigenvalue weighted by Crippen LogP contribution is -2.01. The first kappa shape index (κ1) is 32.3. The van der Waals surface area contributed by atoms with Crippen LogP contribution in [0.1, 0.15) is 57.9 Å². The molecule has 0 saturated carbocycles. The highest BCUT2D eigenvalue weighted by atomic mass is 32.1. The van der Waals surface area contributed by atoms with E-state index in [0.29, 0.717) is 58.8 Å². The third-order valence-electron chi connectivity index (χ3n) is 6.38. The summed E-state index contributed by atoms with van der Waals surface area (Å²) in [5, 5.41) is 19.3. The zero-order valence-electron chi connectivity index (χ0n) is 24.1. The van der Waals surface area contributed by atoms with Crippen LogP contribution in [0.2, 0.25) is 0 Å². The summed E-state index contributed by atoms with van der Waals surface area (Å²) in [6.45, 7) is 0.640. The molecule has 4 rings (SSSR count). The first-order valence-corrected chi connectivity index (χ1v) is 15.3. The van der Waals surface area contributed by atoms with Gasteiger partial charge in [0.1, 0.15) is 0 Å². The lowest BCUT2D eigenvalue weighted by molar-refractivity contribution is -0.137. The van der Waals surface area contributed by atoms with Gasteiger partial charge in [-0.25, -0.2) is 0 Å². The van der Waals surface area contributed by atoms with Crippen molar-refractivity contribution in [2.45, 2.75) is 38.5 Å². The Morgan fingerprint density at radius 3 is 1.39 bits per heavy atom. The molecular formula is C32H30O10S2. The van der Waals surface area contributed by atoms with E-state index in [4.69, 9.17) is 29.2 Å². The van der Waals surface area contributed by atoms with E-state index in [9.17, 15) is 19.2 Å². The molecule has 2 aromatic carbocycles. The van der Waals surface area contributed by atoms with Gasteiger partial charge in [-0.1, -0.05) is 11.8 Å². The van der Waals surface area contributed by atoms with Crippen molar-refractivity contribution in [3.8, 4) is 34.8 Å². The van der Waals surface area contributed by atoms with E-state index < -0.39 is 11.9 Å². The molecule has 0 aliphatic carbocycles. The molecule has 2 N–H and O–H groups in total. The highest BCUT2D eigenvalue weighted by Gasteiger charge is 2.16. The third-order valence-corrected chi connectivity index (χ3v) is 8.66. The second-order valence-electron chi connectivity index (χ2n) is 9.49. The van der Waals surface area contributed by atoms with E-state index in [0.717, 1.165) is 20.2 Å². The molecule has 44 heavy (non-hydrogen) atoms.